The smallest absolute Gasteiger partial charge is 0.242 e. The Bertz CT molecular complexity index is 1190. The first-order chi connectivity index (χ1) is 16.5. The van der Waals surface area contributed by atoms with E-state index in [1.54, 1.807) is 30.5 Å². The molecule has 1 aromatic heterocycles. The van der Waals surface area contributed by atoms with Crippen molar-refractivity contribution < 1.29 is 13.2 Å². The Kier molecular flexibility index (Phi) is 8.39. The predicted molar refractivity (Wildman–Crippen MR) is 136 cm³/mol. The van der Waals surface area contributed by atoms with E-state index in [1.165, 1.54) is 0 Å². The Morgan fingerprint density at radius 1 is 1.06 bits per heavy atom. The summed E-state index contributed by atoms with van der Waals surface area (Å²) < 4.78 is 35.3. The molecule has 2 heterocycles. The molecule has 0 bridgehead atoms. The molecule has 0 amide bonds. The molecule has 3 aromatic rings. The molecule has 2 aromatic carbocycles. The number of aromatic nitrogens is 1. The molecular weight excluding hydrogens is 472 g/mol. The van der Waals surface area contributed by atoms with Gasteiger partial charge in [-0.3, -0.25) is 9.88 Å². The van der Waals surface area contributed by atoms with E-state index in [-0.39, 0.29) is 11.1 Å². The topological polar surface area (TPSA) is 74.8 Å². The number of fused-ring (bicyclic) bond motifs is 1. The van der Waals surface area contributed by atoms with Crippen LogP contribution >= 0.6 is 11.6 Å². The van der Waals surface area contributed by atoms with E-state index < -0.39 is 10.0 Å². The second-order valence-corrected chi connectivity index (χ2v) is 10.5. The molecule has 1 aliphatic heterocycles. The molecule has 34 heavy (non-hydrogen) atoms. The molecule has 7 nitrogen and oxygen atoms in total. The van der Waals surface area contributed by atoms with Gasteiger partial charge in [-0.05, 0) is 49.2 Å². The highest BCUT2D eigenvalue weighted by Gasteiger charge is 2.28. The minimum absolute atomic E-state index is 0.204. The van der Waals surface area contributed by atoms with Gasteiger partial charge in [-0.1, -0.05) is 36.7 Å². The normalized spacial score (nSPS) is 16.5. The Balaban J connectivity index is 1.31. The maximum Gasteiger partial charge on any atom is 0.242 e. The van der Waals surface area contributed by atoms with Crippen molar-refractivity contribution in [3.63, 3.8) is 0 Å². The van der Waals surface area contributed by atoms with Crippen LogP contribution in [0.15, 0.2) is 65.7 Å². The van der Waals surface area contributed by atoms with E-state index in [0.29, 0.717) is 29.0 Å². The van der Waals surface area contributed by atoms with Crippen LogP contribution in [0.25, 0.3) is 10.9 Å². The highest BCUT2D eigenvalue weighted by molar-refractivity contribution is 7.89. The molecule has 1 fully saturated rings. The summed E-state index contributed by atoms with van der Waals surface area (Å²) in [6.45, 7) is 7.07. The van der Waals surface area contributed by atoms with Crippen molar-refractivity contribution in [2.75, 3.05) is 39.3 Å². The molecule has 1 saturated heterocycles. The third-order valence-corrected chi connectivity index (χ3v) is 7.95. The minimum Gasteiger partial charge on any atom is -0.494 e. The number of pyridine rings is 1. The Morgan fingerprint density at radius 3 is 2.56 bits per heavy atom. The lowest BCUT2D eigenvalue weighted by Gasteiger charge is -2.39. The van der Waals surface area contributed by atoms with Crippen LogP contribution in [0.1, 0.15) is 19.8 Å². The maximum atomic E-state index is 13.3. The fourth-order valence-corrected chi connectivity index (χ4v) is 6.01. The molecule has 4 rings (SSSR count). The van der Waals surface area contributed by atoms with Crippen LogP contribution in [0.2, 0.25) is 5.02 Å². The number of halogens is 1. The van der Waals surface area contributed by atoms with Gasteiger partial charge < -0.3 is 9.64 Å². The molecular formula is C25H31ClN4O3S. The van der Waals surface area contributed by atoms with Crippen LogP contribution in [0, 0.1) is 0 Å². The fourth-order valence-electron chi connectivity index (χ4n) is 4.30. The highest BCUT2D eigenvalue weighted by atomic mass is 35.5. The number of para-hydroxylation sites is 1. The van der Waals surface area contributed by atoms with Gasteiger partial charge in [0.2, 0.25) is 10.0 Å². The van der Waals surface area contributed by atoms with E-state index in [9.17, 15) is 8.42 Å². The number of piperazine rings is 1. The lowest BCUT2D eigenvalue weighted by Crippen LogP contribution is -2.55. The second kappa shape index (κ2) is 11.5. The molecule has 0 saturated carbocycles. The van der Waals surface area contributed by atoms with Gasteiger partial charge in [0.05, 0.1) is 28.2 Å². The molecule has 0 aliphatic carbocycles. The maximum absolute atomic E-state index is 13.3. The summed E-state index contributed by atoms with van der Waals surface area (Å²) in [6.07, 6.45) is 2.97. The van der Waals surface area contributed by atoms with Crippen LogP contribution in [-0.2, 0) is 10.0 Å². The number of nitrogens with zero attached hydrogens (tertiary/aromatic N) is 3. The number of hydrogen-bond donors (Lipinski definition) is 1. The number of nitrogens with one attached hydrogen (secondary N) is 1. The molecule has 1 aliphatic rings. The van der Waals surface area contributed by atoms with Gasteiger partial charge in [0.25, 0.3) is 0 Å². The lowest BCUT2D eigenvalue weighted by molar-refractivity contribution is 0.0860. The van der Waals surface area contributed by atoms with Gasteiger partial charge >= 0.3 is 0 Å². The monoisotopic (exact) mass is 502 g/mol. The van der Waals surface area contributed by atoms with Gasteiger partial charge in [0.15, 0.2) is 0 Å². The number of ether oxygens (including phenoxy) is 1. The van der Waals surface area contributed by atoms with E-state index in [2.05, 4.69) is 19.5 Å². The summed E-state index contributed by atoms with van der Waals surface area (Å²) in [6, 6.07) is 16.5. The van der Waals surface area contributed by atoms with Crippen LogP contribution in [0.5, 0.6) is 5.75 Å². The largest absolute Gasteiger partial charge is 0.494 e. The van der Waals surface area contributed by atoms with Gasteiger partial charge in [-0.15, -0.1) is 0 Å². The summed E-state index contributed by atoms with van der Waals surface area (Å²) in [5.74, 6) is 0.898. The Labute approximate surface area is 206 Å². The molecule has 1 atom stereocenters. The van der Waals surface area contributed by atoms with Gasteiger partial charge in [-0.2, -0.15) is 4.72 Å². The first kappa shape index (κ1) is 24.9. The minimum atomic E-state index is -3.74. The number of sulfonamides is 1. The molecule has 1 N–H and O–H groups in total. The summed E-state index contributed by atoms with van der Waals surface area (Å²) >= 11 is 6.23. The lowest BCUT2D eigenvalue weighted by atomic mass is 10.2. The quantitative estimate of drug-likeness (QED) is 0.422. The third kappa shape index (κ3) is 6.06. The fraction of sp³-hybridized carbons (Fsp3) is 0.400. The van der Waals surface area contributed by atoms with Crippen molar-refractivity contribution in [1.82, 2.24) is 19.5 Å². The zero-order chi connectivity index (χ0) is 24.0. The van der Waals surface area contributed by atoms with Crippen molar-refractivity contribution >= 4 is 32.5 Å². The summed E-state index contributed by atoms with van der Waals surface area (Å²) in [7, 11) is -3.74. The van der Waals surface area contributed by atoms with Crippen molar-refractivity contribution in [1.29, 1.82) is 0 Å². The molecule has 0 radical (unpaired) electrons. The molecule has 0 spiro atoms. The molecule has 1 unspecified atom stereocenters. The van der Waals surface area contributed by atoms with Crippen LogP contribution in [-0.4, -0.2) is 68.7 Å². The number of hydrogen-bond acceptors (Lipinski definition) is 6. The SMILES string of the molecule is CCC(NS(=O)(=O)c1ccc(Cl)c2ncccc12)N1CCN(CCCOc2ccccc2)CC1. The summed E-state index contributed by atoms with van der Waals surface area (Å²) in [5.41, 5.74) is 0.491. The average molecular weight is 503 g/mol. The average Bonchev–Trinajstić information content (AvgIpc) is 2.86. The first-order valence-electron chi connectivity index (χ1n) is 11.7. The summed E-state index contributed by atoms with van der Waals surface area (Å²) in [4.78, 5) is 9.08. The van der Waals surface area contributed by atoms with Crippen molar-refractivity contribution in [2.45, 2.75) is 30.8 Å². The van der Waals surface area contributed by atoms with Crippen LogP contribution in [0.4, 0.5) is 0 Å². The number of benzene rings is 2. The highest BCUT2D eigenvalue weighted by Crippen LogP contribution is 2.28. The predicted octanol–water partition coefficient (Wildman–Crippen LogP) is 3.99. The van der Waals surface area contributed by atoms with Crippen molar-refractivity contribution in [3.05, 3.63) is 65.8 Å². The van der Waals surface area contributed by atoms with E-state index in [4.69, 9.17) is 16.3 Å². The van der Waals surface area contributed by atoms with Crippen molar-refractivity contribution in [2.24, 2.45) is 0 Å². The Morgan fingerprint density at radius 2 is 1.82 bits per heavy atom. The standard InChI is InChI=1S/C25H31ClN4O3S/c1-2-24(28-34(31,32)23-12-11-22(26)25-21(23)10-6-13-27-25)30-17-15-29(16-18-30)14-7-19-33-20-8-4-3-5-9-20/h3-6,8-13,24,28H,2,7,14-19H2,1H3. The van der Waals surface area contributed by atoms with Crippen LogP contribution < -0.4 is 9.46 Å². The third-order valence-electron chi connectivity index (χ3n) is 6.13. The van der Waals surface area contributed by atoms with Gasteiger partial charge in [0, 0.05) is 44.3 Å². The van der Waals surface area contributed by atoms with Crippen LogP contribution in [0.3, 0.4) is 0 Å². The van der Waals surface area contributed by atoms with Crippen molar-refractivity contribution in [3.8, 4) is 5.75 Å². The Hall–Kier alpha value is -2.23. The number of rotatable bonds is 10. The first-order valence-corrected chi connectivity index (χ1v) is 13.5. The zero-order valence-corrected chi connectivity index (χ0v) is 20.9. The van der Waals surface area contributed by atoms with Gasteiger partial charge in [-0.25, -0.2) is 8.42 Å². The molecule has 182 valence electrons. The molecule has 9 heteroatoms. The second-order valence-electron chi connectivity index (χ2n) is 8.38. The van der Waals surface area contributed by atoms with E-state index in [1.807, 2.05) is 37.3 Å². The van der Waals surface area contributed by atoms with E-state index in [0.717, 1.165) is 44.9 Å². The van der Waals surface area contributed by atoms with Gasteiger partial charge in [0.1, 0.15) is 5.75 Å². The zero-order valence-electron chi connectivity index (χ0n) is 19.4. The summed E-state index contributed by atoms with van der Waals surface area (Å²) in [5, 5.41) is 0.965. The van der Waals surface area contributed by atoms with E-state index >= 15 is 0 Å².